The number of furan rings is 1. The molecule has 0 spiro atoms. The van der Waals surface area contributed by atoms with Crippen LogP contribution in [0.3, 0.4) is 0 Å². The Morgan fingerprint density at radius 2 is 1.84 bits per heavy atom. The Kier molecular flexibility index (Phi) is 5.07. The molecule has 1 aliphatic rings. The summed E-state index contributed by atoms with van der Waals surface area (Å²) in [4.78, 5) is 34.4. The van der Waals surface area contributed by atoms with E-state index in [1.165, 1.54) is 13.0 Å². The van der Waals surface area contributed by atoms with Gasteiger partial charge in [-0.3, -0.25) is 25.2 Å². The van der Waals surface area contributed by atoms with E-state index in [0.29, 0.717) is 0 Å². The highest BCUT2D eigenvalue weighted by Crippen LogP contribution is 2.42. The predicted molar refractivity (Wildman–Crippen MR) is 75.5 cm³/mol. The fourth-order valence-corrected chi connectivity index (χ4v) is 1.92. The second-order valence-corrected chi connectivity index (χ2v) is 5.70. The molecule has 0 saturated heterocycles. The van der Waals surface area contributed by atoms with E-state index >= 15 is 0 Å². The molecule has 2 rings (SSSR count). The maximum absolute atomic E-state index is 13.2. The zero-order valence-electron chi connectivity index (χ0n) is 13.1. The fourth-order valence-electron chi connectivity index (χ4n) is 1.92. The van der Waals surface area contributed by atoms with Crippen molar-refractivity contribution in [3.8, 4) is 0 Å². The number of aryl methyl sites for hydroxylation is 1. The van der Waals surface area contributed by atoms with E-state index in [4.69, 9.17) is 4.42 Å². The fraction of sp³-hybridized carbons (Fsp3) is 0.500. The van der Waals surface area contributed by atoms with Gasteiger partial charge in [-0.25, -0.2) is 0 Å². The van der Waals surface area contributed by atoms with E-state index in [2.05, 4.69) is 5.32 Å². The summed E-state index contributed by atoms with van der Waals surface area (Å²) in [6.45, 7) is 1.37. The molecule has 0 radical (unpaired) electrons. The Bertz CT molecular complexity index is 683. The Morgan fingerprint density at radius 1 is 1.20 bits per heavy atom. The molecular formula is C14H16F3N3O5. The van der Waals surface area contributed by atoms with E-state index in [0.717, 1.165) is 18.9 Å². The van der Waals surface area contributed by atoms with Gasteiger partial charge in [-0.15, -0.1) is 0 Å². The van der Waals surface area contributed by atoms with E-state index < -0.39 is 41.7 Å². The molecule has 3 amide bonds. The van der Waals surface area contributed by atoms with E-state index in [1.54, 1.807) is 10.9 Å². The normalized spacial score (nSPS) is 16.7. The first kappa shape index (κ1) is 18.8. The van der Waals surface area contributed by atoms with Crippen LogP contribution in [0.25, 0.3) is 0 Å². The van der Waals surface area contributed by atoms with E-state index in [-0.39, 0.29) is 11.8 Å². The number of hydrogen-bond acceptors (Lipinski definition) is 5. The van der Waals surface area contributed by atoms with Gasteiger partial charge in [0, 0.05) is 6.04 Å². The predicted octanol–water partition coefficient (Wildman–Crippen LogP) is 0.154. The summed E-state index contributed by atoms with van der Waals surface area (Å²) in [5.74, 6) is -4.35. The maximum Gasteiger partial charge on any atom is 0.425 e. The van der Waals surface area contributed by atoms with Crippen LogP contribution in [0.2, 0.25) is 0 Å². The van der Waals surface area contributed by atoms with Crippen molar-refractivity contribution in [1.29, 1.82) is 0 Å². The summed E-state index contributed by atoms with van der Waals surface area (Å²) in [7, 11) is 0. The van der Waals surface area contributed by atoms with Crippen LogP contribution < -0.4 is 16.2 Å². The maximum atomic E-state index is 13.2. The third-order valence-corrected chi connectivity index (χ3v) is 3.47. The van der Waals surface area contributed by atoms with Gasteiger partial charge in [0.05, 0.1) is 6.42 Å². The molecule has 1 aliphatic carbocycles. The molecule has 0 bridgehead atoms. The van der Waals surface area contributed by atoms with Gasteiger partial charge in [-0.05, 0) is 31.9 Å². The van der Waals surface area contributed by atoms with Crippen LogP contribution in [0, 0.1) is 6.92 Å². The van der Waals surface area contributed by atoms with Gasteiger partial charge in [0.2, 0.25) is 11.5 Å². The molecule has 8 nitrogen and oxygen atoms in total. The highest BCUT2D eigenvalue weighted by Gasteiger charge is 2.58. The molecule has 0 aliphatic heterocycles. The highest BCUT2D eigenvalue weighted by molar-refractivity contribution is 6.35. The molecular weight excluding hydrogens is 347 g/mol. The Balaban J connectivity index is 1.97. The van der Waals surface area contributed by atoms with Crippen molar-refractivity contribution >= 4 is 17.7 Å². The quantitative estimate of drug-likeness (QED) is 0.448. The number of carbonyl (C=O) groups excluding carboxylic acids is 3. The molecule has 1 aromatic heterocycles. The number of nitrogens with one attached hydrogen (secondary N) is 3. The van der Waals surface area contributed by atoms with Crippen molar-refractivity contribution in [3.63, 3.8) is 0 Å². The molecule has 11 heteroatoms. The lowest BCUT2D eigenvalue weighted by molar-refractivity contribution is -0.273. The van der Waals surface area contributed by atoms with Gasteiger partial charge in [0.25, 0.3) is 0 Å². The first-order valence-electron chi connectivity index (χ1n) is 7.28. The number of carbonyl (C=O) groups is 3. The van der Waals surface area contributed by atoms with Crippen molar-refractivity contribution in [2.45, 2.75) is 44.0 Å². The first-order valence-corrected chi connectivity index (χ1v) is 7.28. The minimum atomic E-state index is -5.21. The van der Waals surface area contributed by atoms with Crippen LogP contribution in [0.4, 0.5) is 13.2 Å². The van der Waals surface area contributed by atoms with Gasteiger partial charge in [-0.1, -0.05) is 0 Å². The monoisotopic (exact) mass is 363 g/mol. The number of rotatable bonds is 4. The summed E-state index contributed by atoms with van der Waals surface area (Å²) in [5.41, 5.74) is -0.230. The standard InChI is InChI=1S/C14H16F3N3O5/c1-7-2-5-9(25-7)13(24,14(15,16)17)6-10(21)19-20-12(23)11(22)18-8-3-4-8/h2,5,8,24H,3-4,6H2,1H3,(H,18,22)(H,19,21)(H,20,23). The molecule has 1 aromatic rings. The number of hydrazine groups is 1. The molecule has 25 heavy (non-hydrogen) atoms. The highest BCUT2D eigenvalue weighted by atomic mass is 19.4. The number of aliphatic hydroxyl groups is 1. The van der Waals surface area contributed by atoms with Gasteiger partial charge in [-0.2, -0.15) is 13.2 Å². The largest absolute Gasteiger partial charge is 0.463 e. The van der Waals surface area contributed by atoms with Crippen molar-refractivity contribution in [1.82, 2.24) is 16.2 Å². The average Bonchev–Trinajstić information content (AvgIpc) is 3.21. The zero-order valence-corrected chi connectivity index (χ0v) is 13.1. The van der Waals surface area contributed by atoms with E-state index in [1.807, 2.05) is 0 Å². The third kappa shape index (κ3) is 4.50. The number of amides is 3. The Hall–Kier alpha value is -2.56. The van der Waals surface area contributed by atoms with Crippen LogP contribution in [0.5, 0.6) is 0 Å². The molecule has 1 saturated carbocycles. The SMILES string of the molecule is Cc1ccc(C(O)(CC(=O)NNC(=O)C(=O)NC2CC2)C(F)(F)F)o1. The summed E-state index contributed by atoms with van der Waals surface area (Å²) in [5, 5.41) is 12.3. The summed E-state index contributed by atoms with van der Waals surface area (Å²) in [6, 6.07) is 2.00. The Morgan fingerprint density at radius 3 is 2.32 bits per heavy atom. The number of halogens is 3. The lowest BCUT2D eigenvalue weighted by Gasteiger charge is -2.27. The molecule has 138 valence electrons. The number of alkyl halides is 3. The zero-order chi connectivity index (χ0) is 18.8. The van der Waals surface area contributed by atoms with Crippen LogP contribution >= 0.6 is 0 Å². The summed E-state index contributed by atoms with van der Waals surface area (Å²) in [6.07, 6.45) is -5.21. The molecule has 1 heterocycles. The van der Waals surface area contributed by atoms with E-state index in [9.17, 15) is 32.7 Å². The molecule has 1 atom stereocenters. The van der Waals surface area contributed by atoms with Crippen molar-refractivity contribution in [3.05, 3.63) is 23.7 Å². The average molecular weight is 363 g/mol. The van der Waals surface area contributed by atoms with Crippen LogP contribution in [-0.4, -0.2) is 35.0 Å². The van der Waals surface area contributed by atoms with Crippen LogP contribution in [0.1, 0.15) is 30.8 Å². The molecule has 4 N–H and O–H groups in total. The molecule has 1 unspecified atom stereocenters. The Labute approximate surface area is 139 Å². The topological polar surface area (TPSA) is 121 Å². The second kappa shape index (κ2) is 6.75. The minimum absolute atomic E-state index is 0.105. The van der Waals surface area contributed by atoms with Crippen molar-refractivity contribution in [2.75, 3.05) is 0 Å². The first-order chi connectivity index (χ1) is 11.5. The van der Waals surface area contributed by atoms with Crippen LogP contribution in [0.15, 0.2) is 16.5 Å². The lowest BCUT2D eigenvalue weighted by Crippen LogP contribution is -2.52. The minimum Gasteiger partial charge on any atom is -0.463 e. The third-order valence-electron chi connectivity index (χ3n) is 3.47. The molecule has 1 fully saturated rings. The molecule has 0 aromatic carbocycles. The van der Waals surface area contributed by atoms with Crippen LogP contribution in [-0.2, 0) is 20.0 Å². The van der Waals surface area contributed by atoms with Gasteiger partial charge in [0.1, 0.15) is 11.5 Å². The lowest BCUT2D eigenvalue weighted by atomic mass is 9.95. The van der Waals surface area contributed by atoms with Gasteiger partial charge < -0.3 is 14.8 Å². The summed E-state index contributed by atoms with van der Waals surface area (Å²) >= 11 is 0. The van der Waals surface area contributed by atoms with Gasteiger partial charge in [0.15, 0.2) is 0 Å². The summed E-state index contributed by atoms with van der Waals surface area (Å²) < 4.78 is 44.4. The second-order valence-electron chi connectivity index (χ2n) is 5.70. The van der Waals surface area contributed by atoms with Crippen molar-refractivity contribution in [2.24, 2.45) is 0 Å². The smallest absolute Gasteiger partial charge is 0.425 e. The van der Waals surface area contributed by atoms with Crippen molar-refractivity contribution < 1.29 is 37.1 Å². The number of hydrogen-bond donors (Lipinski definition) is 4. The van der Waals surface area contributed by atoms with Gasteiger partial charge >= 0.3 is 18.0 Å².